The van der Waals surface area contributed by atoms with Crippen molar-refractivity contribution in [3.63, 3.8) is 0 Å². The van der Waals surface area contributed by atoms with Gasteiger partial charge in [-0.15, -0.1) is 0 Å². The molecule has 0 atom stereocenters. The average molecular weight is 336 g/mol. The van der Waals surface area contributed by atoms with E-state index in [0.29, 0.717) is 0 Å². The Morgan fingerprint density at radius 1 is 0.652 bits per heavy atom. The minimum atomic E-state index is -1.54. The number of hydrogen-bond donors (Lipinski definition) is 2. The second-order valence-corrected chi connectivity index (χ2v) is 7.42. The fourth-order valence-corrected chi connectivity index (χ4v) is 3.81. The van der Waals surface area contributed by atoms with E-state index in [4.69, 9.17) is 4.80 Å². The Balaban J connectivity index is 0.000000185. The van der Waals surface area contributed by atoms with E-state index in [1.807, 2.05) is 91.0 Å². The van der Waals surface area contributed by atoms with Gasteiger partial charge in [-0.3, -0.25) is 0 Å². The Morgan fingerprint density at radius 2 is 1.04 bits per heavy atom. The SMILES string of the molecule is O[Si](c1ccccc1)c1ccccc1.O[Si]Cc1ccccc1. The van der Waals surface area contributed by atoms with E-state index in [9.17, 15) is 4.80 Å². The van der Waals surface area contributed by atoms with Crippen molar-refractivity contribution >= 4 is 29.2 Å². The van der Waals surface area contributed by atoms with Crippen LogP contribution in [0.25, 0.3) is 0 Å². The fourth-order valence-electron chi connectivity index (χ4n) is 2.05. The largest absolute Gasteiger partial charge is 0.431 e. The molecule has 0 unspecified atom stereocenters. The van der Waals surface area contributed by atoms with Gasteiger partial charge in [0.05, 0.1) is 0 Å². The lowest BCUT2D eigenvalue weighted by molar-refractivity contribution is 0.599. The van der Waals surface area contributed by atoms with Gasteiger partial charge in [0.1, 0.15) is 0 Å². The minimum Gasteiger partial charge on any atom is -0.431 e. The van der Waals surface area contributed by atoms with E-state index < -0.39 is 9.04 Å². The minimum absolute atomic E-state index is 0.0352. The monoisotopic (exact) mass is 335 g/mol. The zero-order valence-corrected chi connectivity index (χ0v) is 14.8. The van der Waals surface area contributed by atoms with Crippen molar-refractivity contribution in [2.45, 2.75) is 6.04 Å². The Kier molecular flexibility index (Phi) is 7.49. The van der Waals surface area contributed by atoms with Crippen molar-refractivity contribution in [3.8, 4) is 0 Å². The molecule has 0 fully saturated rings. The lowest BCUT2D eigenvalue weighted by Gasteiger charge is -2.06. The summed E-state index contributed by atoms with van der Waals surface area (Å²) in [5.74, 6) is 0. The van der Waals surface area contributed by atoms with E-state index in [0.717, 1.165) is 16.4 Å². The van der Waals surface area contributed by atoms with E-state index in [2.05, 4.69) is 0 Å². The topological polar surface area (TPSA) is 40.5 Å². The molecule has 0 aliphatic rings. The maximum atomic E-state index is 10.1. The predicted octanol–water partition coefficient (Wildman–Crippen LogP) is 1.58. The summed E-state index contributed by atoms with van der Waals surface area (Å²) in [6.45, 7) is 0. The van der Waals surface area contributed by atoms with E-state index in [1.165, 1.54) is 5.56 Å². The van der Waals surface area contributed by atoms with Crippen LogP contribution >= 0.6 is 0 Å². The van der Waals surface area contributed by atoms with Crippen LogP contribution in [0.4, 0.5) is 0 Å². The van der Waals surface area contributed by atoms with Gasteiger partial charge in [-0.1, -0.05) is 91.0 Å². The molecule has 2 N–H and O–H groups in total. The van der Waals surface area contributed by atoms with Crippen LogP contribution in [0.2, 0.25) is 0 Å². The van der Waals surface area contributed by atoms with E-state index in [-0.39, 0.29) is 9.76 Å². The van der Waals surface area contributed by atoms with Crippen LogP contribution in [0.1, 0.15) is 5.56 Å². The molecule has 0 aliphatic heterocycles. The van der Waals surface area contributed by atoms with Crippen LogP contribution in [0.3, 0.4) is 0 Å². The molecule has 0 saturated heterocycles. The van der Waals surface area contributed by atoms with Crippen LogP contribution in [0.15, 0.2) is 91.0 Å². The van der Waals surface area contributed by atoms with E-state index in [1.54, 1.807) is 0 Å². The lowest BCUT2D eigenvalue weighted by Crippen LogP contribution is -2.41. The molecule has 23 heavy (non-hydrogen) atoms. The summed E-state index contributed by atoms with van der Waals surface area (Å²) in [5, 5.41) is 2.06. The predicted molar refractivity (Wildman–Crippen MR) is 98.2 cm³/mol. The van der Waals surface area contributed by atoms with Gasteiger partial charge in [-0.25, -0.2) is 0 Å². The second-order valence-electron chi connectivity index (χ2n) is 4.90. The van der Waals surface area contributed by atoms with Crippen LogP contribution in [-0.4, -0.2) is 28.4 Å². The highest BCUT2D eigenvalue weighted by atomic mass is 28.3. The molecule has 115 valence electrons. The van der Waals surface area contributed by atoms with Gasteiger partial charge in [0.25, 0.3) is 9.04 Å². The van der Waals surface area contributed by atoms with Crippen LogP contribution in [0, 0.1) is 0 Å². The number of benzene rings is 3. The Bertz CT molecular complexity index is 621. The van der Waals surface area contributed by atoms with Gasteiger partial charge in [0.2, 0.25) is 9.76 Å². The summed E-state index contributed by atoms with van der Waals surface area (Å²) < 4.78 is 0. The molecular formula is C19H19O2Si2. The molecule has 0 aromatic heterocycles. The van der Waals surface area contributed by atoms with Gasteiger partial charge in [-0.05, 0) is 22.0 Å². The van der Waals surface area contributed by atoms with Crippen LogP contribution in [-0.2, 0) is 6.04 Å². The molecule has 3 aromatic carbocycles. The standard InChI is InChI=1S/C12H11OSi.C7H8OSi/c13-14(11-7-3-1-4-8-11)12-9-5-2-6-10-12;8-9-6-7-4-2-1-3-5-7/h1-10,13H;1-5,8H,6H2. The van der Waals surface area contributed by atoms with Crippen LogP contribution < -0.4 is 10.4 Å². The number of rotatable bonds is 4. The molecule has 0 heterocycles. The molecule has 0 aliphatic carbocycles. The third-order valence-electron chi connectivity index (χ3n) is 3.22. The van der Waals surface area contributed by atoms with Gasteiger partial charge in [-0.2, -0.15) is 0 Å². The first-order valence-electron chi connectivity index (χ1n) is 7.39. The molecule has 2 nitrogen and oxygen atoms in total. The van der Waals surface area contributed by atoms with Crippen molar-refractivity contribution in [2.75, 3.05) is 0 Å². The highest BCUT2D eigenvalue weighted by Crippen LogP contribution is 1.96. The smallest absolute Gasteiger partial charge is 0.280 e. The Labute approximate surface area is 141 Å². The number of hydrogen-bond acceptors (Lipinski definition) is 2. The quantitative estimate of drug-likeness (QED) is 0.711. The molecule has 0 amide bonds. The maximum absolute atomic E-state index is 10.1. The molecule has 3 rings (SSSR count). The zero-order chi connectivity index (χ0) is 16.3. The molecular weight excluding hydrogens is 316 g/mol. The lowest BCUT2D eigenvalue weighted by atomic mass is 10.2. The molecule has 0 spiro atoms. The van der Waals surface area contributed by atoms with Crippen molar-refractivity contribution in [3.05, 3.63) is 96.6 Å². The summed E-state index contributed by atoms with van der Waals surface area (Å²) in [6, 6.07) is 30.4. The molecule has 4 heteroatoms. The van der Waals surface area contributed by atoms with Crippen molar-refractivity contribution < 1.29 is 9.59 Å². The summed E-state index contributed by atoms with van der Waals surface area (Å²) in [4.78, 5) is 18.6. The first kappa shape index (κ1) is 17.4. The van der Waals surface area contributed by atoms with Gasteiger partial charge in [0.15, 0.2) is 0 Å². The Morgan fingerprint density at radius 3 is 1.43 bits per heavy atom. The first-order valence-corrected chi connectivity index (χ1v) is 9.99. The molecule has 0 bridgehead atoms. The second kappa shape index (κ2) is 9.92. The van der Waals surface area contributed by atoms with Crippen molar-refractivity contribution in [2.24, 2.45) is 0 Å². The third-order valence-corrected chi connectivity index (χ3v) is 5.55. The van der Waals surface area contributed by atoms with Gasteiger partial charge in [0, 0.05) is 0 Å². The van der Waals surface area contributed by atoms with Crippen LogP contribution in [0.5, 0.6) is 0 Å². The van der Waals surface area contributed by atoms with Crippen molar-refractivity contribution in [1.82, 2.24) is 0 Å². The van der Waals surface area contributed by atoms with Crippen molar-refractivity contribution in [1.29, 1.82) is 0 Å². The molecule has 3 aromatic rings. The fraction of sp³-hybridized carbons (Fsp3) is 0.0526. The van der Waals surface area contributed by atoms with Gasteiger partial charge >= 0.3 is 0 Å². The highest BCUT2D eigenvalue weighted by Gasteiger charge is 2.12. The average Bonchev–Trinajstić information content (AvgIpc) is 2.64. The Hall–Kier alpha value is -1.99. The summed E-state index contributed by atoms with van der Waals surface area (Å²) in [7, 11) is -1.51. The molecule has 3 radical (unpaired) electrons. The third kappa shape index (κ3) is 5.96. The zero-order valence-electron chi connectivity index (χ0n) is 12.8. The summed E-state index contributed by atoms with van der Waals surface area (Å²) in [5.41, 5.74) is 1.21. The first-order chi connectivity index (χ1) is 11.3. The summed E-state index contributed by atoms with van der Waals surface area (Å²) >= 11 is 0. The molecule has 0 saturated carbocycles. The normalized spacial score (nSPS) is 10.0. The maximum Gasteiger partial charge on any atom is 0.280 e. The summed E-state index contributed by atoms with van der Waals surface area (Å²) in [6.07, 6.45) is 0. The van der Waals surface area contributed by atoms with Gasteiger partial charge < -0.3 is 9.59 Å². The van der Waals surface area contributed by atoms with E-state index >= 15 is 0 Å². The highest BCUT2D eigenvalue weighted by molar-refractivity contribution is 6.78.